The second kappa shape index (κ2) is 7.30. The van der Waals surface area contributed by atoms with E-state index >= 15 is 0 Å². The van der Waals surface area contributed by atoms with Gasteiger partial charge in [-0.2, -0.15) is 0 Å². The molecule has 0 aromatic heterocycles. The van der Waals surface area contributed by atoms with E-state index in [0.717, 1.165) is 36.6 Å². The number of sulfonamides is 1. The lowest BCUT2D eigenvalue weighted by Gasteiger charge is -2.27. The zero-order valence-corrected chi connectivity index (χ0v) is 14.7. The number of nitro groups is 1. The van der Waals surface area contributed by atoms with E-state index in [2.05, 4.69) is 5.32 Å². The van der Waals surface area contributed by atoms with Gasteiger partial charge in [0.05, 0.1) is 16.7 Å². The van der Waals surface area contributed by atoms with Crippen LogP contribution in [-0.4, -0.2) is 19.4 Å². The minimum atomic E-state index is -4.12. The third-order valence-electron chi connectivity index (χ3n) is 4.27. The van der Waals surface area contributed by atoms with Crippen LogP contribution in [0.1, 0.15) is 24.8 Å². The van der Waals surface area contributed by atoms with Crippen molar-refractivity contribution >= 4 is 21.4 Å². The van der Waals surface area contributed by atoms with Crippen molar-refractivity contribution in [1.82, 2.24) is 0 Å². The Morgan fingerprint density at radius 2 is 1.96 bits per heavy atom. The van der Waals surface area contributed by atoms with Crippen molar-refractivity contribution in [2.24, 2.45) is 5.14 Å². The van der Waals surface area contributed by atoms with Crippen LogP contribution in [0.15, 0.2) is 47.4 Å². The molecule has 0 radical (unpaired) electrons. The molecule has 3 rings (SSSR count). The van der Waals surface area contributed by atoms with Gasteiger partial charge >= 0.3 is 0 Å². The molecule has 1 fully saturated rings. The number of primary sulfonamides is 1. The highest BCUT2D eigenvalue weighted by molar-refractivity contribution is 7.89. The van der Waals surface area contributed by atoms with Gasteiger partial charge in [-0.3, -0.25) is 10.1 Å². The molecular weight excluding hydrogens is 358 g/mol. The van der Waals surface area contributed by atoms with Crippen LogP contribution in [0.3, 0.4) is 0 Å². The largest absolute Gasteiger partial charge is 0.490 e. The number of nitrogens with zero attached hydrogens (tertiary/aromatic N) is 1. The van der Waals surface area contributed by atoms with Gasteiger partial charge in [0, 0.05) is 24.2 Å². The lowest BCUT2D eigenvalue weighted by atomic mass is 9.96. The summed E-state index contributed by atoms with van der Waals surface area (Å²) in [6.45, 7) is 0.295. The second-order valence-electron chi connectivity index (χ2n) is 6.11. The van der Waals surface area contributed by atoms with Crippen molar-refractivity contribution in [1.29, 1.82) is 0 Å². The summed E-state index contributed by atoms with van der Waals surface area (Å²) in [5, 5.41) is 19.1. The Kier molecular flexibility index (Phi) is 5.10. The van der Waals surface area contributed by atoms with Crippen molar-refractivity contribution < 1.29 is 18.1 Å². The van der Waals surface area contributed by atoms with Crippen LogP contribution in [0.2, 0.25) is 0 Å². The topological polar surface area (TPSA) is 125 Å². The third kappa shape index (κ3) is 4.12. The number of nitrogens with two attached hydrogens (primary N) is 1. The first-order valence-corrected chi connectivity index (χ1v) is 9.69. The molecule has 0 saturated heterocycles. The van der Waals surface area contributed by atoms with Crippen molar-refractivity contribution in [3.8, 4) is 5.75 Å². The summed E-state index contributed by atoms with van der Waals surface area (Å²) < 4.78 is 29.5. The molecule has 0 aliphatic heterocycles. The van der Waals surface area contributed by atoms with Crippen molar-refractivity contribution in [2.45, 2.75) is 36.8 Å². The molecule has 1 saturated carbocycles. The molecule has 0 amide bonds. The van der Waals surface area contributed by atoms with Gasteiger partial charge in [0.1, 0.15) is 10.6 Å². The lowest BCUT2D eigenvalue weighted by Crippen LogP contribution is -2.25. The molecule has 138 valence electrons. The van der Waals surface area contributed by atoms with E-state index in [-0.39, 0.29) is 22.4 Å². The van der Waals surface area contributed by atoms with Gasteiger partial charge in [0.2, 0.25) is 10.0 Å². The lowest BCUT2D eigenvalue weighted by molar-refractivity contribution is -0.385. The van der Waals surface area contributed by atoms with Crippen LogP contribution in [0.4, 0.5) is 11.4 Å². The quantitative estimate of drug-likeness (QED) is 0.565. The SMILES string of the molecule is NS(=O)(=O)c1cc([N+](=O)[O-])ccc1NCc1ccccc1OC1CCC1. The molecule has 0 heterocycles. The average molecular weight is 377 g/mol. The smallest absolute Gasteiger partial charge is 0.270 e. The van der Waals surface area contributed by atoms with Crippen molar-refractivity contribution in [3.63, 3.8) is 0 Å². The highest BCUT2D eigenvalue weighted by Crippen LogP contribution is 2.29. The standard InChI is InChI=1S/C17H19N3O5S/c18-26(23,24)17-10-13(20(21)22)8-9-15(17)19-11-12-4-1-2-7-16(12)25-14-5-3-6-14/h1-2,4,7-10,14,19H,3,5-6,11H2,(H2,18,23,24). The number of rotatable bonds is 7. The Hall–Kier alpha value is -2.65. The Morgan fingerprint density at radius 3 is 2.58 bits per heavy atom. The second-order valence-corrected chi connectivity index (χ2v) is 7.64. The van der Waals surface area contributed by atoms with Gasteiger partial charge in [-0.25, -0.2) is 13.6 Å². The summed E-state index contributed by atoms with van der Waals surface area (Å²) in [4.78, 5) is 9.90. The maximum Gasteiger partial charge on any atom is 0.270 e. The van der Waals surface area contributed by atoms with Crippen LogP contribution < -0.4 is 15.2 Å². The van der Waals surface area contributed by atoms with E-state index in [1.807, 2.05) is 24.3 Å². The Morgan fingerprint density at radius 1 is 1.23 bits per heavy atom. The summed E-state index contributed by atoms with van der Waals surface area (Å²) in [5.41, 5.74) is 0.725. The van der Waals surface area contributed by atoms with Gasteiger partial charge in [0.25, 0.3) is 5.69 Å². The molecule has 2 aromatic carbocycles. The van der Waals surface area contributed by atoms with Gasteiger partial charge in [0.15, 0.2) is 0 Å². The Bertz CT molecular complexity index is 926. The first-order chi connectivity index (χ1) is 12.3. The van der Waals surface area contributed by atoms with E-state index in [4.69, 9.17) is 9.88 Å². The molecule has 8 nitrogen and oxygen atoms in total. The van der Waals surface area contributed by atoms with E-state index < -0.39 is 14.9 Å². The summed E-state index contributed by atoms with van der Waals surface area (Å²) in [7, 11) is -4.12. The van der Waals surface area contributed by atoms with Gasteiger partial charge in [-0.05, 0) is 31.4 Å². The fourth-order valence-electron chi connectivity index (χ4n) is 2.63. The summed E-state index contributed by atoms with van der Waals surface area (Å²) >= 11 is 0. The highest BCUT2D eigenvalue weighted by Gasteiger charge is 2.21. The van der Waals surface area contributed by atoms with Crippen LogP contribution in [0, 0.1) is 10.1 Å². The molecule has 1 aliphatic rings. The molecule has 0 bridgehead atoms. The maximum atomic E-state index is 11.8. The number of hydrogen-bond donors (Lipinski definition) is 2. The average Bonchev–Trinajstić information content (AvgIpc) is 2.56. The van der Waals surface area contributed by atoms with E-state index in [9.17, 15) is 18.5 Å². The zero-order valence-electron chi connectivity index (χ0n) is 13.9. The van der Waals surface area contributed by atoms with Crippen molar-refractivity contribution in [2.75, 3.05) is 5.32 Å². The number of non-ortho nitro benzene ring substituents is 1. The predicted molar refractivity (Wildman–Crippen MR) is 96.5 cm³/mol. The molecule has 9 heteroatoms. The number of benzene rings is 2. The summed E-state index contributed by atoms with van der Waals surface area (Å²) in [5.74, 6) is 0.740. The van der Waals surface area contributed by atoms with Gasteiger partial charge in [-0.15, -0.1) is 0 Å². The first-order valence-electron chi connectivity index (χ1n) is 8.14. The fraction of sp³-hybridized carbons (Fsp3) is 0.294. The van der Waals surface area contributed by atoms with Crippen LogP contribution in [0.5, 0.6) is 5.75 Å². The number of hydrogen-bond acceptors (Lipinski definition) is 6. The minimum absolute atomic E-state index is 0.205. The first kappa shape index (κ1) is 18.2. The number of nitrogens with one attached hydrogen (secondary N) is 1. The highest BCUT2D eigenvalue weighted by atomic mass is 32.2. The van der Waals surface area contributed by atoms with Crippen LogP contribution in [-0.2, 0) is 16.6 Å². The number of anilines is 1. The molecule has 26 heavy (non-hydrogen) atoms. The molecule has 3 N–H and O–H groups in total. The van der Waals surface area contributed by atoms with E-state index in [1.165, 1.54) is 12.1 Å². The molecule has 1 aliphatic carbocycles. The fourth-order valence-corrected chi connectivity index (χ4v) is 3.36. The molecule has 0 unspecified atom stereocenters. The monoisotopic (exact) mass is 377 g/mol. The zero-order chi connectivity index (χ0) is 18.7. The number of para-hydroxylation sites is 1. The molecular formula is C17H19N3O5S. The molecule has 0 atom stereocenters. The predicted octanol–water partition coefficient (Wildman–Crippen LogP) is 2.79. The van der Waals surface area contributed by atoms with Crippen LogP contribution in [0.25, 0.3) is 0 Å². The van der Waals surface area contributed by atoms with Gasteiger partial charge < -0.3 is 10.1 Å². The summed E-state index contributed by atoms with van der Waals surface area (Å²) in [6, 6.07) is 11.0. The van der Waals surface area contributed by atoms with Crippen LogP contribution >= 0.6 is 0 Å². The number of nitro benzene ring substituents is 1. The molecule has 0 spiro atoms. The number of ether oxygens (including phenoxy) is 1. The van der Waals surface area contributed by atoms with E-state index in [0.29, 0.717) is 6.54 Å². The third-order valence-corrected chi connectivity index (χ3v) is 5.22. The van der Waals surface area contributed by atoms with Crippen molar-refractivity contribution in [3.05, 3.63) is 58.1 Å². The Balaban J connectivity index is 1.83. The minimum Gasteiger partial charge on any atom is -0.490 e. The maximum absolute atomic E-state index is 11.8. The normalized spacial score (nSPS) is 14.5. The Labute approximate surface area is 151 Å². The van der Waals surface area contributed by atoms with Gasteiger partial charge in [-0.1, -0.05) is 18.2 Å². The van der Waals surface area contributed by atoms with E-state index in [1.54, 1.807) is 0 Å². The molecule has 2 aromatic rings. The summed E-state index contributed by atoms with van der Waals surface area (Å²) in [6.07, 6.45) is 3.43.